The Morgan fingerprint density at radius 3 is 2.49 bits per heavy atom. The van der Waals surface area contributed by atoms with Crippen LogP contribution in [0.2, 0.25) is 0 Å². The van der Waals surface area contributed by atoms with Crippen LogP contribution in [0.1, 0.15) is 42.5 Å². The lowest BCUT2D eigenvalue weighted by Gasteiger charge is -2.35. The van der Waals surface area contributed by atoms with Crippen LogP contribution in [0.5, 0.6) is 5.75 Å². The average Bonchev–Trinajstić information content (AvgIpc) is 3.41. The summed E-state index contributed by atoms with van der Waals surface area (Å²) in [5, 5.41) is 5.02. The van der Waals surface area contributed by atoms with Gasteiger partial charge >= 0.3 is 6.03 Å². The highest BCUT2D eigenvalue weighted by Crippen LogP contribution is 2.25. The molecule has 0 radical (unpaired) electrons. The van der Waals surface area contributed by atoms with Crippen molar-refractivity contribution >= 4 is 29.0 Å². The molecule has 1 aliphatic rings. The lowest BCUT2D eigenvalue weighted by atomic mass is 9.94. The molecule has 7 heteroatoms. The molecular formula is C28H33N3O3S. The van der Waals surface area contributed by atoms with Crippen molar-refractivity contribution in [1.82, 2.24) is 9.80 Å². The van der Waals surface area contributed by atoms with Gasteiger partial charge in [-0.05, 0) is 42.0 Å². The van der Waals surface area contributed by atoms with Gasteiger partial charge in [-0.3, -0.25) is 4.79 Å². The number of benzene rings is 2. The Kier molecular flexibility index (Phi) is 8.79. The highest BCUT2D eigenvalue weighted by atomic mass is 32.1. The second-order valence-corrected chi connectivity index (χ2v) is 9.93. The third kappa shape index (κ3) is 7.09. The van der Waals surface area contributed by atoms with Crippen molar-refractivity contribution in [1.29, 1.82) is 0 Å². The summed E-state index contributed by atoms with van der Waals surface area (Å²) in [4.78, 5) is 31.8. The average molecular weight is 492 g/mol. The second-order valence-electron chi connectivity index (χ2n) is 8.90. The first-order valence-corrected chi connectivity index (χ1v) is 13.1. The van der Waals surface area contributed by atoms with Crippen molar-refractivity contribution < 1.29 is 14.3 Å². The molecule has 1 aliphatic carbocycles. The highest BCUT2D eigenvalue weighted by Gasteiger charge is 2.29. The van der Waals surface area contributed by atoms with Gasteiger partial charge in [-0.15, -0.1) is 11.3 Å². The van der Waals surface area contributed by atoms with E-state index in [1.165, 1.54) is 6.42 Å². The summed E-state index contributed by atoms with van der Waals surface area (Å²) in [5.74, 6) is 0.627. The van der Waals surface area contributed by atoms with Crippen LogP contribution in [-0.2, 0) is 17.9 Å². The Labute approximate surface area is 211 Å². The smallest absolute Gasteiger partial charge is 0.322 e. The van der Waals surface area contributed by atoms with Crippen LogP contribution >= 0.6 is 11.3 Å². The normalized spacial score (nSPS) is 13.7. The fourth-order valence-electron chi connectivity index (χ4n) is 4.53. The number of anilines is 1. The second kappa shape index (κ2) is 12.4. The van der Waals surface area contributed by atoms with Gasteiger partial charge in [0.15, 0.2) is 0 Å². The molecule has 1 aromatic heterocycles. The molecule has 1 N–H and O–H groups in total. The number of hydrogen-bond donors (Lipinski definition) is 1. The predicted molar refractivity (Wildman–Crippen MR) is 141 cm³/mol. The predicted octanol–water partition coefficient (Wildman–Crippen LogP) is 6.15. The van der Waals surface area contributed by atoms with E-state index in [9.17, 15) is 9.59 Å². The van der Waals surface area contributed by atoms with Crippen LogP contribution in [0.25, 0.3) is 0 Å². The van der Waals surface area contributed by atoms with Crippen molar-refractivity contribution in [3.63, 3.8) is 0 Å². The van der Waals surface area contributed by atoms with Crippen LogP contribution in [-0.4, -0.2) is 41.4 Å². The molecule has 0 saturated heterocycles. The van der Waals surface area contributed by atoms with Gasteiger partial charge in [-0.1, -0.05) is 61.7 Å². The zero-order valence-electron chi connectivity index (χ0n) is 20.2. The number of hydrogen-bond acceptors (Lipinski definition) is 4. The summed E-state index contributed by atoms with van der Waals surface area (Å²) < 4.78 is 5.29. The first kappa shape index (κ1) is 24.8. The number of ether oxygens (including phenoxy) is 1. The summed E-state index contributed by atoms with van der Waals surface area (Å²) in [6, 6.07) is 21.2. The van der Waals surface area contributed by atoms with Crippen LogP contribution in [0.4, 0.5) is 10.5 Å². The van der Waals surface area contributed by atoms with Crippen molar-refractivity contribution in [3.05, 3.63) is 82.6 Å². The van der Waals surface area contributed by atoms with E-state index in [1.54, 1.807) is 29.4 Å². The zero-order valence-corrected chi connectivity index (χ0v) is 21.0. The molecule has 2 aromatic carbocycles. The van der Waals surface area contributed by atoms with Crippen molar-refractivity contribution in [3.8, 4) is 5.75 Å². The molecule has 0 bridgehead atoms. The van der Waals surface area contributed by atoms with Gasteiger partial charge in [0.1, 0.15) is 12.3 Å². The Balaban J connectivity index is 1.52. The number of methoxy groups -OCH3 is 1. The minimum atomic E-state index is -0.241. The molecule has 3 aromatic rings. The number of amides is 3. The van der Waals surface area contributed by atoms with E-state index < -0.39 is 0 Å². The number of nitrogens with zero attached hydrogens (tertiary/aromatic N) is 2. The van der Waals surface area contributed by atoms with Crippen LogP contribution < -0.4 is 10.1 Å². The Bertz CT molecular complexity index is 1080. The monoisotopic (exact) mass is 491 g/mol. The molecule has 4 rings (SSSR count). The van der Waals surface area contributed by atoms with E-state index in [1.807, 2.05) is 70.9 Å². The molecule has 1 heterocycles. The maximum Gasteiger partial charge on any atom is 0.322 e. The summed E-state index contributed by atoms with van der Waals surface area (Å²) in [6.07, 6.45) is 5.16. The standard InChI is InChI=1S/C28H33N3O3S/c1-34-25-15-8-12-23(18-25)29-28(33)31(24-13-6-3-7-14-24)21-27(32)30(20-26-16-9-17-35-26)19-22-10-4-2-5-11-22/h2,4-5,8-12,15-18,24H,3,6-7,13-14,19-21H2,1H3,(H,29,33). The summed E-state index contributed by atoms with van der Waals surface area (Å²) >= 11 is 1.64. The fourth-order valence-corrected chi connectivity index (χ4v) is 5.25. The van der Waals surface area contributed by atoms with Gasteiger partial charge in [-0.25, -0.2) is 4.79 Å². The maximum absolute atomic E-state index is 13.7. The molecule has 0 unspecified atom stereocenters. The van der Waals surface area contributed by atoms with Crippen molar-refractivity contribution in [2.75, 3.05) is 19.0 Å². The van der Waals surface area contributed by atoms with Crippen LogP contribution in [0.3, 0.4) is 0 Å². The Hall–Kier alpha value is -3.32. The summed E-state index contributed by atoms with van der Waals surface area (Å²) in [5.41, 5.74) is 1.73. The molecule has 1 fully saturated rings. The number of nitrogens with one attached hydrogen (secondary N) is 1. The van der Waals surface area contributed by atoms with Crippen molar-refractivity contribution in [2.45, 2.75) is 51.2 Å². The van der Waals surface area contributed by atoms with Crippen molar-refractivity contribution in [2.24, 2.45) is 0 Å². The molecule has 0 spiro atoms. The van der Waals surface area contributed by atoms with E-state index >= 15 is 0 Å². The van der Waals surface area contributed by atoms with E-state index in [0.29, 0.717) is 24.5 Å². The van der Waals surface area contributed by atoms with Gasteiger partial charge in [0.2, 0.25) is 5.91 Å². The first-order chi connectivity index (χ1) is 17.1. The Morgan fingerprint density at radius 1 is 0.971 bits per heavy atom. The number of rotatable bonds is 9. The van der Waals surface area contributed by atoms with E-state index in [-0.39, 0.29) is 24.5 Å². The SMILES string of the molecule is COc1cccc(NC(=O)N(CC(=O)N(Cc2ccccc2)Cc2cccs2)C2CCCCC2)c1. The van der Waals surface area contributed by atoms with E-state index in [0.717, 1.165) is 36.1 Å². The summed E-state index contributed by atoms with van der Waals surface area (Å²) in [7, 11) is 1.60. The molecule has 3 amide bonds. The summed E-state index contributed by atoms with van der Waals surface area (Å²) in [6.45, 7) is 1.09. The van der Waals surface area contributed by atoms with Gasteiger partial charge in [-0.2, -0.15) is 0 Å². The number of carbonyl (C=O) groups is 2. The molecule has 35 heavy (non-hydrogen) atoms. The van der Waals surface area contributed by atoms with E-state index in [2.05, 4.69) is 5.32 Å². The lowest BCUT2D eigenvalue weighted by molar-refractivity contribution is -0.133. The van der Waals surface area contributed by atoms with Gasteiger partial charge in [0.25, 0.3) is 0 Å². The molecule has 0 atom stereocenters. The van der Waals surface area contributed by atoms with Gasteiger partial charge in [0, 0.05) is 29.2 Å². The van der Waals surface area contributed by atoms with Gasteiger partial charge < -0.3 is 19.9 Å². The zero-order chi connectivity index (χ0) is 24.5. The molecular weight excluding hydrogens is 458 g/mol. The number of carbonyl (C=O) groups excluding carboxylic acids is 2. The van der Waals surface area contributed by atoms with E-state index in [4.69, 9.17) is 4.74 Å². The largest absolute Gasteiger partial charge is 0.497 e. The highest BCUT2D eigenvalue weighted by molar-refractivity contribution is 7.09. The van der Waals surface area contributed by atoms with Gasteiger partial charge in [0.05, 0.1) is 13.7 Å². The lowest BCUT2D eigenvalue weighted by Crippen LogP contribution is -2.49. The first-order valence-electron chi connectivity index (χ1n) is 12.2. The molecule has 1 saturated carbocycles. The Morgan fingerprint density at radius 2 is 1.77 bits per heavy atom. The number of thiophene rings is 1. The molecule has 0 aliphatic heterocycles. The quantitative estimate of drug-likeness (QED) is 0.390. The molecule has 184 valence electrons. The van der Waals surface area contributed by atoms with Crippen LogP contribution in [0.15, 0.2) is 72.1 Å². The van der Waals surface area contributed by atoms with Crippen LogP contribution in [0, 0.1) is 0 Å². The maximum atomic E-state index is 13.7. The topological polar surface area (TPSA) is 61.9 Å². The fraction of sp³-hybridized carbons (Fsp3) is 0.357. The number of urea groups is 1. The molecule has 6 nitrogen and oxygen atoms in total. The third-order valence-corrected chi connectivity index (χ3v) is 7.26. The minimum absolute atomic E-state index is 0.0476. The minimum Gasteiger partial charge on any atom is -0.497 e. The third-order valence-electron chi connectivity index (χ3n) is 6.40.